The van der Waals surface area contributed by atoms with E-state index >= 15 is 0 Å². The molecule has 0 aliphatic heterocycles. The van der Waals surface area contributed by atoms with Crippen molar-refractivity contribution in [1.29, 1.82) is 5.26 Å². The van der Waals surface area contributed by atoms with Gasteiger partial charge in [0.05, 0.1) is 17.8 Å². The van der Waals surface area contributed by atoms with Gasteiger partial charge in [0.1, 0.15) is 6.04 Å². The molecule has 3 rings (SSSR count). The van der Waals surface area contributed by atoms with Crippen molar-refractivity contribution in [2.24, 2.45) is 0 Å². The number of rotatable bonds is 4. The van der Waals surface area contributed by atoms with E-state index in [1.807, 2.05) is 6.20 Å². The lowest BCUT2D eigenvalue weighted by atomic mass is 10.1. The zero-order chi connectivity index (χ0) is 13.4. The number of fused-ring (bicyclic) bond motifs is 1. The number of carbonyl (C=O) groups excluding carboxylic acids is 1. The third-order valence-electron chi connectivity index (χ3n) is 3.34. The number of amides is 1. The van der Waals surface area contributed by atoms with Gasteiger partial charge in [-0.3, -0.25) is 4.79 Å². The summed E-state index contributed by atoms with van der Waals surface area (Å²) in [6, 6.07) is 3.45. The van der Waals surface area contributed by atoms with Crippen LogP contribution in [0.15, 0.2) is 22.9 Å². The van der Waals surface area contributed by atoms with E-state index in [2.05, 4.69) is 38.5 Å². The molecule has 0 bridgehead atoms. The maximum absolute atomic E-state index is 10.5. The first kappa shape index (κ1) is 12.2. The predicted octanol–water partition coefficient (Wildman–Crippen LogP) is 2.28. The molecule has 96 valence electrons. The van der Waals surface area contributed by atoms with Crippen molar-refractivity contribution in [3.8, 4) is 6.07 Å². The maximum atomic E-state index is 10.5. The van der Waals surface area contributed by atoms with Gasteiger partial charge in [0.2, 0.25) is 6.41 Å². The first-order valence-electron chi connectivity index (χ1n) is 6.00. The molecule has 0 radical (unpaired) electrons. The van der Waals surface area contributed by atoms with Crippen LogP contribution in [0.3, 0.4) is 0 Å². The molecule has 1 saturated carbocycles. The van der Waals surface area contributed by atoms with Gasteiger partial charge < -0.3 is 5.32 Å². The highest BCUT2D eigenvalue weighted by Crippen LogP contribution is 2.41. The number of hydrogen-bond acceptors (Lipinski definition) is 3. The van der Waals surface area contributed by atoms with Crippen LogP contribution in [-0.4, -0.2) is 16.0 Å². The fourth-order valence-corrected chi connectivity index (χ4v) is 2.90. The number of nitrogens with one attached hydrogen (secondary N) is 1. The Balaban J connectivity index is 2.12. The zero-order valence-electron chi connectivity index (χ0n) is 10.0. The van der Waals surface area contributed by atoms with E-state index in [0.29, 0.717) is 17.9 Å². The van der Waals surface area contributed by atoms with Crippen molar-refractivity contribution in [3.63, 3.8) is 0 Å². The molecule has 1 fully saturated rings. The monoisotopic (exact) mass is 318 g/mol. The van der Waals surface area contributed by atoms with E-state index in [1.165, 1.54) is 18.4 Å². The number of halogens is 1. The minimum atomic E-state index is -0.682. The van der Waals surface area contributed by atoms with Gasteiger partial charge in [-0.05, 0) is 46.3 Å². The maximum Gasteiger partial charge on any atom is 0.208 e. The molecule has 1 atom stereocenters. The van der Waals surface area contributed by atoms with Gasteiger partial charge in [0, 0.05) is 16.2 Å². The highest BCUT2D eigenvalue weighted by molar-refractivity contribution is 9.10. The number of nitrogens with zero attached hydrogens (tertiary/aromatic N) is 3. The van der Waals surface area contributed by atoms with Crippen LogP contribution in [0, 0.1) is 11.3 Å². The summed E-state index contributed by atoms with van der Waals surface area (Å²) in [7, 11) is 0. The van der Waals surface area contributed by atoms with Gasteiger partial charge in [-0.2, -0.15) is 10.4 Å². The molecule has 2 aromatic rings. The Hall–Kier alpha value is -1.87. The zero-order valence-corrected chi connectivity index (χ0v) is 11.6. The summed E-state index contributed by atoms with van der Waals surface area (Å²) < 4.78 is 2.67. The van der Waals surface area contributed by atoms with E-state index in [9.17, 15) is 4.79 Å². The molecule has 1 unspecified atom stereocenters. The van der Waals surface area contributed by atoms with Gasteiger partial charge in [0.15, 0.2) is 0 Å². The second-order valence-corrected chi connectivity index (χ2v) is 5.49. The van der Waals surface area contributed by atoms with Crippen molar-refractivity contribution in [2.45, 2.75) is 24.8 Å². The van der Waals surface area contributed by atoms with E-state index in [1.54, 1.807) is 10.7 Å². The molecule has 0 aromatic carbocycles. The Morgan fingerprint density at radius 2 is 2.42 bits per heavy atom. The largest absolute Gasteiger partial charge is 0.339 e. The summed E-state index contributed by atoms with van der Waals surface area (Å²) in [4.78, 5) is 10.5. The average molecular weight is 319 g/mol. The third-order valence-corrected chi connectivity index (χ3v) is 3.94. The molecule has 1 aliphatic rings. The van der Waals surface area contributed by atoms with Crippen LogP contribution in [0.4, 0.5) is 0 Å². The second kappa shape index (κ2) is 4.67. The van der Waals surface area contributed by atoms with Crippen LogP contribution in [0.25, 0.3) is 5.52 Å². The molecule has 1 N–H and O–H groups in total. The first-order valence-corrected chi connectivity index (χ1v) is 6.80. The SMILES string of the molecule is N#CC(NC=O)c1cnn2cc(C3CC3)cc(Br)c12. The Bertz CT molecular complexity index is 684. The smallest absolute Gasteiger partial charge is 0.208 e. The summed E-state index contributed by atoms with van der Waals surface area (Å²) >= 11 is 3.54. The van der Waals surface area contributed by atoms with Crippen LogP contribution in [0.1, 0.15) is 35.9 Å². The molecule has 0 spiro atoms. The van der Waals surface area contributed by atoms with Crippen LogP contribution < -0.4 is 5.32 Å². The van der Waals surface area contributed by atoms with Gasteiger partial charge in [-0.15, -0.1) is 0 Å². The van der Waals surface area contributed by atoms with Gasteiger partial charge in [-0.25, -0.2) is 4.52 Å². The highest BCUT2D eigenvalue weighted by atomic mass is 79.9. The topological polar surface area (TPSA) is 70.2 Å². The summed E-state index contributed by atoms with van der Waals surface area (Å²) in [5.74, 6) is 0.633. The molecule has 1 aliphatic carbocycles. The van der Waals surface area contributed by atoms with Crippen LogP contribution in [0.2, 0.25) is 0 Å². The Kier molecular flexibility index (Phi) is 2.99. The summed E-state index contributed by atoms with van der Waals surface area (Å²) in [5.41, 5.74) is 2.78. The third kappa shape index (κ3) is 2.10. The van der Waals surface area contributed by atoms with E-state index < -0.39 is 6.04 Å². The number of hydrogen-bond donors (Lipinski definition) is 1. The molecule has 5 nitrogen and oxygen atoms in total. The lowest BCUT2D eigenvalue weighted by Gasteiger charge is -2.08. The van der Waals surface area contributed by atoms with Crippen molar-refractivity contribution in [1.82, 2.24) is 14.9 Å². The quantitative estimate of drug-likeness (QED) is 0.879. The lowest BCUT2D eigenvalue weighted by Crippen LogP contribution is -2.17. The predicted molar refractivity (Wildman–Crippen MR) is 72.4 cm³/mol. The minimum absolute atomic E-state index is 0.532. The fourth-order valence-electron chi connectivity index (χ4n) is 2.23. The molecular formula is C13H11BrN4O. The molecule has 19 heavy (non-hydrogen) atoms. The van der Waals surface area contributed by atoms with E-state index in [0.717, 1.165) is 9.99 Å². The Labute approximate surface area is 118 Å². The molecule has 6 heteroatoms. The van der Waals surface area contributed by atoms with Crippen LogP contribution in [-0.2, 0) is 4.79 Å². The normalized spacial score (nSPS) is 16.0. The summed E-state index contributed by atoms with van der Waals surface area (Å²) in [5, 5.41) is 15.9. The van der Waals surface area contributed by atoms with Crippen molar-refractivity contribution < 1.29 is 4.79 Å². The number of carbonyl (C=O) groups is 1. The Morgan fingerprint density at radius 3 is 3.05 bits per heavy atom. The average Bonchev–Trinajstić information content (AvgIpc) is 3.17. The molecule has 2 heterocycles. The number of pyridine rings is 1. The molecule has 0 saturated heterocycles. The standard InChI is InChI=1S/C13H11BrN4O/c14-11-3-9(8-1-2-8)6-18-13(11)10(5-17-18)12(4-15)16-7-19/h3,5-8,12H,1-2H2,(H,16,19). The Morgan fingerprint density at radius 1 is 1.63 bits per heavy atom. The van der Waals surface area contributed by atoms with Crippen molar-refractivity contribution in [2.75, 3.05) is 0 Å². The highest BCUT2D eigenvalue weighted by Gasteiger charge is 2.26. The van der Waals surface area contributed by atoms with Crippen molar-refractivity contribution in [3.05, 3.63) is 34.1 Å². The van der Waals surface area contributed by atoms with Crippen molar-refractivity contribution >= 4 is 27.9 Å². The van der Waals surface area contributed by atoms with Gasteiger partial charge >= 0.3 is 0 Å². The summed E-state index contributed by atoms with van der Waals surface area (Å²) in [6.45, 7) is 0. The second-order valence-electron chi connectivity index (χ2n) is 4.64. The minimum Gasteiger partial charge on any atom is -0.339 e. The van der Waals surface area contributed by atoms with E-state index in [4.69, 9.17) is 5.26 Å². The molecule has 1 amide bonds. The lowest BCUT2D eigenvalue weighted by molar-refractivity contribution is -0.109. The number of aromatic nitrogens is 2. The molecule has 2 aromatic heterocycles. The van der Waals surface area contributed by atoms with Crippen LogP contribution >= 0.6 is 15.9 Å². The van der Waals surface area contributed by atoms with Crippen LogP contribution in [0.5, 0.6) is 0 Å². The van der Waals surface area contributed by atoms with Gasteiger partial charge in [0.25, 0.3) is 0 Å². The first-order chi connectivity index (χ1) is 9.24. The molecular weight excluding hydrogens is 308 g/mol. The number of nitriles is 1. The van der Waals surface area contributed by atoms with Gasteiger partial charge in [-0.1, -0.05) is 0 Å². The summed E-state index contributed by atoms with van der Waals surface area (Å²) in [6.07, 6.45) is 6.60. The fraction of sp³-hybridized carbons (Fsp3) is 0.308. The van der Waals surface area contributed by atoms with E-state index in [-0.39, 0.29) is 0 Å².